The zero-order chi connectivity index (χ0) is 17.8. The summed E-state index contributed by atoms with van der Waals surface area (Å²) in [5, 5.41) is 13.2. The van der Waals surface area contributed by atoms with Gasteiger partial charge in [0.15, 0.2) is 0 Å². The molecule has 4 atom stereocenters. The second-order valence-corrected chi connectivity index (χ2v) is 9.11. The summed E-state index contributed by atoms with van der Waals surface area (Å²) in [6.07, 6.45) is 7.76. The first-order valence-electron chi connectivity index (χ1n) is 9.71. The number of cyclic esters (lactones) is 1. The summed E-state index contributed by atoms with van der Waals surface area (Å²) in [4.78, 5) is 24.1. The van der Waals surface area contributed by atoms with Crippen molar-refractivity contribution in [1.29, 1.82) is 0 Å². The number of carboxylic acid groups (broad SMARTS) is 1. The Hall–Kier alpha value is -1.36. The Kier molecular flexibility index (Phi) is 3.98. The molecule has 138 valence electrons. The molecule has 0 saturated carbocycles. The van der Waals surface area contributed by atoms with E-state index >= 15 is 0 Å². The highest BCUT2D eigenvalue weighted by Crippen LogP contribution is 2.50. The number of carbonyl (C=O) groups is 2. The minimum Gasteiger partial charge on any atom is -0.481 e. The SMILES string of the molecule is CC1(C)CCCC2=C1CC([C@H]1N[C@]3(CCOC3=O)C[C@H]1C(=O)O)CC2. The van der Waals surface area contributed by atoms with Crippen molar-refractivity contribution in [1.82, 2.24) is 5.32 Å². The molecule has 0 aromatic heterocycles. The molecular formula is C20H29NO4. The summed E-state index contributed by atoms with van der Waals surface area (Å²) < 4.78 is 5.17. The number of esters is 1. The zero-order valence-corrected chi connectivity index (χ0v) is 15.3. The van der Waals surface area contributed by atoms with E-state index in [2.05, 4.69) is 19.2 Å². The minimum atomic E-state index is -0.781. The maximum absolute atomic E-state index is 12.2. The van der Waals surface area contributed by atoms with Crippen LogP contribution in [-0.2, 0) is 14.3 Å². The highest BCUT2D eigenvalue weighted by molar-refractivity contribution is 5.85. The van der Waals surface area contributed by atoms with Crippen LogP contribution in [0.15, 0.2) is 11.1 Å². The van der Waals surface area contributed by atoms with Crippen molar-refractivity contribution in [2.75, 3.05) is 6.61 Å². The smallest absolute Gasteiger partial charge is 0.326 e. The van der Waals surface area contributed by atoms with Gasteiger partial charge in [-0.2, -0.15) is 0 Å². The molecule has 0 bridgehead atoms. The molecule has 2 saturated heterocycles. The van der Waals surface area contributed by atoms with Gasteiger partial charge in [0.25, 0.3) is 0 Å². The molecule has 0 aromatic rings. The molecule has 2 aliphatic heterocycles. The van der Waals surface area contributed by atoms with Gasteiger partial charge in [0.1, 0.15) is 5.54 Å². The molecule has 2 N–H and O–H groups in total. The maximum Gasteiger partial charge on any atom is 0.326 e. The number of nitrogens with one attached hydrogen (secondary N) is 1. The summed E-state index contributed by atoms with van der Waals surface area (Å²) in [6, 6.07) is -0.130. The lowest BCUT2D eigenvalue weighted by Gasteiger charge is -2.42. The van der Waals surface area contributed by atoms with Crippen LogP contribution in [0, 0.1) is 17.3 Å². The summed E-state index contributed by atoms with van der Waals surface area (Å²) in [5.41, 5.74) is 2.65. The van der Waals surface area contributed by atoms with E-state index in [-0.39, 0.29) is 17.4 Å². The molecule has 5 nitrogen and oxygen atoms in total. The normalized spacial score (nSPS) is 40.2. The highest BCUT2D eigenvalue weighted by Gasteiger charge is 2.57. The lowest BCUT2D eigenvalue weighted by atomic mass is 9.64. The van der Waals surface area contributed by atoms with Gasteiger partial charge in [0, 0.05) is 12.5 Å². The van der Waals surface area contributed by atoms with E-state index in [9.17, 15) is 14.7 Å². The molecular weight excluding hydrogens is 318 g/mol. The van der Waals surface area contributed by atoms with Crippen LogP contribution in [0.1, 0.15) is 65.2 Å². The quantitative estimate of drug-likeness (QED) is 0.593. The second-order valence-electron chi connectivity index (χ2n) is 9.11. The average Bonchev–Trinajstić information content (AvgIpc) is 3.12. The van der Waals surface area contributed by atoms with Crippen molar-refractivity contribution in [2.24, 2.45) is 17.3 Å². The van der Waals surface area contributed by atoms with Gasteiger partial charge in [-0.1, -0.05) is 25.0 Å². The van der Waals surface area contributed by atoms with E-state index in [1.54, 1.807) is 11.1 Å². The van der Waals surface area contributed by atoms with Crippen LogP contribution in [0.4, 0.5) is 0 Å². The number of ether oxygens (including phenoxy) is 1. The van der Waals surface area contributed by atoms with E-state index < -0.39 is 17.4 Å². The number of aliphatic carboxylic acids is 1. The fraction of sp³-hybridized carbons (Fsp3) is 0.800. The third-order valence-corrected chi connectivity index (χ3v) is 7.23. The van der Waals surface area contributed by atoms with Gasteiger partial charge >= 0.3 is 11.9 Å². The van der Waals surface area contributed by atoms with E-state index in [0.29, 0.717) is 25.4 Å². The number of hydrogen-bond acceptors (Lipinski definition) is 4. The van der Waals surface area contributed by atoms with Gasteiger partial charge in [0.05, 0.1) is 12.5 Å². The van der Waals surface area contributed by atoms with Gasteiger partial charge in [-0.05, 0) is 56.3 Å². The van der Waals surface area contributed by atoms with Gasteiger partial charge in [-0.3, -0.25) is 14.9 Å². The van der Waals surface area contributed by atoms with Crippen LogP contribution >= 0.6 is 0 Å². The lowest BCUT2D eigenvalue weighted by molar-refractivity contribution is -0.143. The van der Waals surface area contributed by atoms with Crippen molar-refractivity contribution in [3.05, 3.63) is 11.1 Å². The number of allylic oxidation sites excluding steroid dienone is 2. The first-order chi connectivity index (χ1) is 11.8. The van der Waals surface area contributed by atoms with Crippen LogP contribution in [0.25, 0.3) is 0 Å². The fourth-order valence-corrected chi connectivity index (χ4v) is 5.79. The molecule has 0 amide bonds. The lowest BCUT2D eigenvalue weighted by Crippen LogP contribution is -2.50. The predicted molar refractivity (Wildman–Crippen MR) is 93.0 cm³/mol. The van der Waals surface area contributed by atoms with Crippen molar-refractivity contribution in [3.63, 3.8) is 0 Å². The number of rotatable bonds is 2. The highest BCUT2D eigenvalue weighted by atomic mass is 16.5. The van der Waals surface area contributed by atoms with E-state index in [1.807, 2.05) is 0 Å². The zero-order valence-electron chi connectivity index (χ0n) is 15.3. The third kappa shape index (κ3) is 2.71. The molecule has 2 aliphatic carbocycles. The molecule has 4 rings (SSSR count). The average molecular weight is 347 g/mol. The molecule has 2 heterocycles. The second kappa shape index (κ2) is 5.83. The van der Waals surface area contributed by atoms with Gasteiger partial charge < -0.3 is 9.84 Å². The predicted octanol–water partition coefficient (Wildman–Crippen LogP) is 3.04. The van der Waals surface area contributed by atoms with E-state index in [0.717, 1.165) is 19.3 Å². The van der Waals surface area contributed by atoms with Gasteiger partial charge in [-0.25, -0.2) is 0 Å². The molecule has 4 aliphatic rings. The largest absolute Gasteiger partial charge is 0.481 e. The molecule has 0 radical (unpaired) electrons. The van der Waals surface area contributed by atoms with Crippen molar-refractivity contribution >= 4 is 11.9 Å². The monoisotopic (exact) mass is 347 g/mol. The van der Waals surface area contributed by atoms with E-state index in [1.165, 1.54) is 19.3 Å². The van der Waals surface area contributed by atoms with E-state index in [4.69, 9.17) is 4.74 Å². The molecule has 1 spiro atoms. The Labute approximate surface area is 149 Å². The summed E-state index contributed by atoms with van der Waals surface area (Å²) in [7, 11) is 0. The molecule has 5 heteroatoms. The summed E-state index contributed by atoms with van der Waals surface area (Å²) in [6.45, 7) is 5.06. The Morgan fingerprint density at radius 2 is 2.08 bits per heavy atom. The Balaban J connectivity index is 1.59. The first kappa shape index (κ1) is 17.1. The topological polar surface area (TPSA) is 75.6 Å². The van der Waals surface area contributed by atoms with Crippen LogP contribution in [0.2, 0.25) is 0 Å². The number of carbonyl (C=O) groups excluding carboxylic acids is 1. The summed E-state index contributed by atoms with van der Waals surface area (Å²) >= 11 is 0. The fourth-order valence-electron chi connectivity index (χ4n) is 5.79. The summed E-state index contributed by atoms with van der Waals surface area (Å²) in [5.74, 6) is -1.23. The van der Waals surface area contributed by atoms with Gasteiger partial charge in [-0.15, -0.1) is 0 Å². The number of carboxylic acids is 1. The Morgan fingerprint density at radius 3 is 2.76 bits per heavy atom. The van der Waals surface area contributed by atoms with Crippen LogP contribution in [0.5, 0.6) is 0 Å². The van der Waals surface area contributed by atoms with Crippen LogP contribution < -0.4 is 5.32 Å². The Morgan fingerprint density at radius 1 is 1.28 bits per heavy atom. The first-order valence-corrected chi connectivity index (χ1v) is 9.71. The molecule has 1 unspecified atom stereocenters. The van der Waals surface area contributed by atoms with Crippen molar-refractivity contribution in [2.45, 2.75) is 76.8 Å². The van der Waals surface area contributed by atoms with Gasteiger partial charge in [0.2, 0.25) is 0 Å². The molecule has 2 fully saturated rings. The maximum atomic E-state index is 12.2. The van der Waals surface area contributed by atoms with Crippen LogP contribution in [0.3, 0.4) is 0 Å². The van der Waals surface area contributed by atoms with Crippen molar-refractivity contribution < 1.29 is 19.4 Å². The molecule has 0 aromatic carbocycles. The van der Waals surface area contributed by atoms with Crippen LogP contribution in [-0.4, -0.2) is 35.2 Å². The minimum absolute atomic E-state index is 0.130. The number of hydrogen-bond donors (Lipinski definition) is 2. The Bertz CT molecular complexity index is 638. The van der Waals surface area contributed by atoms with Crippen molar-refractivity contribution in [3.8, 4) is 0 Å². The third-order valence-electron chi connectivity index (χ3n) is 7.23. The molecule has 25 heavy (non-hydrogen) atoms. The standard InChI is InChI=1S/C20H29NO4/c1-19(2)7-3-4-12-5-6-13(10-15(12)19)16-14(17(22)23)11-20(21-16)8-9-25-18(20)24/h13-14,16,21H,3-11H2,1-2H3,(H,22,23)/t13?,14-,16-,20-/m1/s1.